The Labute approximate surface area is 203 Å². The Hall–Kier alpha value is -4.20. The molecule has 35 heavy (non-hydrogen) atoms. The Morgan fingerprint density at radius 1 is 0.971 bits per heavy atom. The van der Waals surface area contributed by atoms with Gasteiger partial charge in [0.05, 0.1) is 5.69 Å². The van der Waals surface area contributed by atoms with Crippen molar-refractivity contribution in [3.05, 3.63) is 83.7 Å². The highest BCUT2D eigenvalue weighted by atomic mass is 16.5. The van der Waals surface area contributed by atoms with Crippen LogP contribution in [0.25, 0.3) is 11.1 Å². The number of unbranched alkanes of at least 4 members (excludes halogenated alkanes) is 1. The van der Waals surface area contributed by atoms with Crippen LogP contribution in [0.3, 0.4) is 0 Å². The molecule has 0 radical (unpaired) electrons. The van der Waals surface area contributed by atoms with Crippen LogP contribution in [0.15, 0.2) is 66.9 Å². The van der Waals surface area contributed by atoms with E-state index in [4.69, 9.17) is 9.84 Å². The molecule has 0 unspecified atom stereocenters. The zero-order valence-electron chi connectivity index (χ0n) is 19.4. The molecule has 2 amide bonds. The summed E-state index contributed by atoms with van der Waals surface area (Å²) in [5.41, 5.74) is 4.87. The van der Waals surface area contributed by atoms with Crippen molar-refractivity contribution in [1.82, 2.24) is 9.88 Å². The number of ether oxygens (including phenoxy) is 1. The van der Waals surface area contributed by atoms with Crippen LogP contribution in [0.5, 0.6) is 0 Å². The van der Waals surface area contributed by atoms with Crippen LogP contribution in [-0.2, 0) is 9.53 Å². The highest BCUT2D eigenvalue weighted by Gasteiger charge is 2.29. The first kappa shape index (κ1) is 23.9. The second-order valence-electron chi connectivity index (χ2n) is 8.43. The molecule has 1 aliphatic carbocycles. The zero-order valence-corrected chi connectivity index (χ0v) is 19.4. The molecule has 0 bridgehead atoms. The number of amides is 2. The molecule has 3 aromatic rings. The Balaban J connectivity index is 1.39. The van der Waals surface area contributed by atoms with Crippen molar-refractivity contribution >= 4 is 23.7 Å². The number of carbonyl (C=O) groups is 3. The smallest absolute Gasteiger partial charge is 0.411 e. The van der Waals surface area contributed by atoms with E-state index in [9.17, 15) is 14.4 Å². The SMILES string of the molecule is CN(CCCCC(=O)O)C(=O)c1ncccc1NC(=O)OCC1c2ccccc2-c2ccccc21. The summed E-state index contributed by atoms with van der Waals surface area (Å²) in [5.74, 6) is -1.30. The van der Waals surface area contributed by atoms with Gasteiger partial charge >= 0.3 is 12.1 Å². The van der Waals surface area contributed by atoms with Crippen LogP contribution in [0, 0.1) is 0 Å². The van der Waals surface area contributed by atoms with Crippen LogP contribution in [0.1, 0.15) is 46.8 Å². The second kappa shape index (κ2) is 10.8. The lowest BCUT2D eigenvalue weighted by Crippen LogP contribution is -2.30. The number of anilines is 1. The highest BCUT2D eigenvalue weighted by Crippen LogP contribution is 2.44. The van der Waals surface area contributed by atoms with Crippen molar-refractivity contribution in [3.8, 4) is 11.1 Å². The molecule has 0 aliphatic heterocycles. The number of hydrogen-bond acceptors (Lipinski definition) is 5. The predicted octanol–water partition coefficient (Wildman–Crippen LogP) is 4.77. The fraction of sp³-hybridized carbons (Fsp3) is 0.259. The van der Waals surface area contributed by atoms with Crippen molar-refractivity contribution in [2.75, 3.05) is 25.5 Å². The number of carbonyl (C=O) groups excluding carboxylic acids is 2. The van der Waals surface area contributed by atoms with E-state index in [1.807, 2.05) is 36.4 Å². The molecule has 2 N–H and O–H groups in total. The average molecular weight is 474 g/mol. The Kier molecular flexibility index (Phi) is 7.40. The van der Waals surface area contributed by atoms with Gasteiger partial charge in [-0.25, -0.2) is 9.78 Å². The number of aliphatic carboxylic acids is 1. The summed E-state index contributed by atoms with van der Waals surface area (Å²) in [7, 11) is 1.62. The first-order valence-corrected chi connectivity index (χ1v) is 11.5. The molecule has 1 aromatic heterocycles. The van der Waals surface area contributed by atoms with E-state index in [1.54, 1.807) is 19.2 Å². The summed E-state index contributed by atoms with van der Waals surface area (Å²) in [5, 5.41) is 11.4. The lowest BCUT2D eigenvalue weighted by Gasteiger charge is -2.19. The molecular formula is C27H27N3O5. The Bertz CT molecular complexity index is 1200. The van der Waals surface area contributed by atoms with Crippen LogP contribution >= 0.6 is 0 Å². The minimum Gasteiger partial charge on any atom is -0.481 e. The lowest BCUT2D eigenvalue weighted by molar-refractivity contribution is -0.137. The number of fused-ring (bicyclic) bond motifs is 3. The number of hydrogen-bond donors (Lipinski definition) is 2. The maximum Gasteiger partial charge on any atom is 0.411 e. The number of aromatic nitrogens is 1. The van der Waals surface area contributed by atoms with Crippen LogP contribution in [0.4, 0.5) is 10.5 Å². The quantitative estimate of drug-likeness (QED) is 0.434. The third-order valence-corrected chi connectivity index (χ3v) is 6.07. The molecule has 1 aliphatic rings. The van der Waals surface area contributed by atoms with Crippen LogP contribution in [0.2, 0.25) is 0 Å². The van der Waals surface area contributed by atoms with Gasteiger partial charge in [0.25, 0.3) is 5.91 Å². The van der Waals surface area contributed by atoms with E-state index < -0.39 is 12.1 Å². The molecule has 8 nitrogen and oxygen atoms in total. The van der Waals surface area contributed by atoms with Gasteiger partial charge < -0.3 is 14.7 Å². The van der Waals surface area contributed by atoms with E-state index in [2.05, 4.69) is 22.4 Å². The lowest BCUT2D eigenvalue weighted by atomic mass is 9.98. The van der Waals surface area contributed by atoms with Crippen LogP contribution < -0.4 is 5.32 Å². The van der Waals surface area contributed by atoms with E-state index in [-0.39, 0.29) is 36.2 Å². The Morgan fingerprint density at radius 2 is 1.63 bits per heavy atom. The number of benzene rings is 2. The second-order valence-corrected chi connectivity index (χ2v) is 8.43. The van der Waals surface area contributed by atoms with E-state index in [1.165, 1.54) is 11.1 Å². The Morgan fingerprint density at radius 3 is 2.29 bits per heavy atom. The molecule has 1 heterocycles. The number of carboxylic acids is 1. The maximum absolute atomic E-state index is 12.9. The molecule has 0 saturated heterocycles. The zero-order chi connectivity index (χ0) is 24.8. The highest BCUT2D eigenvalue weighted by molar-refractivity contribution is 6.00. The van der Waals surface area contributed by atoms with Crippen molar-refractivity contribution in [2.45, 2.75) is 25.2 Å². The van der Waals surface area contributed by atoms with Gasteiger partial charge in [-0.15, -0.1) is 0 Å². The van der Waals surface area contributed by atoms with Crippen LogP contribution in [-0.4, -0.2) is 53.2 Å². The third-order valence-electron chi connectivity index (χ3n) is 6.07. The van der Waals surface area contributed by atoms with Gasteiger partial charge in [-0.2, -0.15) is 0 Å². The first-order chi connectivity index (χ1) is 17.0. The topological polar surface area (TPSA) is 109 Å². The van der Waals surface area contributed by atoms with Crippen molar-refractivity contribution in [3.63, 3.8) is 0 Å². The minimum atomic E-state index is -0.863. The number of carboxylic acid groups (broad SMARTS) is 1. The molecule has 0 atom stereocenters. The summed E-state index contributed by atoms with van der Waals surface area (Å²) in [6.07, 6.45) is 1.89. The minimum absolute atomic E-state index is 0.0558. The van der Waals surface area contributed by atoms with Gasteiger partial charge in [-0.05, 0) is 47.2 Å². The molecule has 4 rings (SSSR count). The van der Waals surface area contributed by atoms with E-state index in [0.717, 1.165) is 22.3 Å². The number of rotatable bonds is 9. The standard InChI is InChI=1S/C27H27N3O5/c1-30(16-7-6-14-24(31)32)26(33)25-23(13-8-15-28-25)29-27(34)35-17-22-20-11-4-2-9-18(20)19-10-3-5-12-21(19)22/h2-5,8-13,15,22H,6-7,14,16-17H2,1H3,(H,29,34)(H,31,32). The van der Waals surface area contributed by atoms with Gasteiger partial charge in [0.15, 0.2) is 5.69 Å². The van der Waals surface area contributed by atoms with Gasteiger partial charge in [-0.3, -0.25) is 14.9 Å². The summed E-state index contributed by atoms with van der Waals surface area (Å²) in [6, 6.07) is 19.4. The fourth-order valence-corrected chi connectivity index (χ4v) is 4.33. The molecular weight excluding hydrogens is 446 g/mol. The van der Waals surface area contributed by atoms with Gasteiger partial charge in [0, 0.05) is 32.1 Å². The molecule has 0 saturated carbocycles. The maximum atomic E-state index is 12.9. The fourth-order valence-electron chi connectivity index (χ4n) is 4.33. The largest absolute Gasteiger partial charge is 0.481 e. The van der Waals surface area contributed by atoms with Crippen molar-refractivity contribution < 1.29 is 24.2 Å². The van der Waals surface area contributed by atoms with Gasteiger partial charge in [0.1, 0.15) is 6.61 Å². The monoisotopic (exact) mass is 473 g/mol. The number of nitrogens with one attached hydrogen (secondary N) is 1. The summed E-state index contributed by atoms with van der Waals surface area (Å²) >= 11 is 0. The molecule has 0 spiro atoms. The summed E-state index contributed by atoms with van der Waals surface area (Å²) in [4.78, 5) is 41.8. The third kappa shape index (κ3) is 5.48. The summed E-state index contributed by atoms with van der Waals surface area (Å²) in [6.45, 7) is 0.542. The molecule has 180 valence electrons. The first-order valence-electron chi connectivity index (χ1n) is 11.5. The van der Waals surface area contributed by atoms with Crippen molar-refractivity contribution in [1.29, 1.82) is 0 Å². The molecule has 8 heteroatoms. The van der Waals surface area contributed by atoms with Gasteiger partial charge in [-0.1, -0.05) is 48.5 Å². The average Bonchev–Trinajstić information content (AvgIpc) is 3.19. The van der Waals surface area contributed by atoms with Crippen molar-refractivity contribution in [2.24, 2.45) is 0 Å². The number of nitrogens with zero attached hydrogens (tertiary/aromatic N) is 2. The van der Waals surface area contributed by atoms with Gasteiger partial charge in [0.2, 0.25) is 0 Å². The predicted molar refractivity (Wildman–Crippen MR) is 131 cm³/mol. The van der Waals surface area contributed by atoms with E-state index >= 15 is 0 Å². The van der Waals surface area contributed by atoms with E-state index in [0.29, 0.717) is 19.4 Å². The molecule has 0 fully saturated rings. The summed E-state index contributed by atoms with van der Waals surface area (Å²) < 4.78 is 5.58. The molecule has 2 aromatic carbocycles. The number of pyridine rings is 1. The normalized spacial score (nSPS) is 11.9.